The van der Waals surface area contributed by atoms with E-state index in [1.54, 1.807) is 11.2 Å². The van der Waals surface area contributed by atoms with Crippen molar-refractivity contribution in [2.24, 2.45) is 5.10 Å². The Kier molecular flexibility index (Phi) is 5.77. The van der Waals surface area contributed by atoms with E-state index in [1.807, 2.05) is 84.9 Å². The monoisotopic (exact) mass is 365 g/mol. The molecule has 3 rings (SSSR count). The Morgan fingerprint density at radius 2 is 1.48 bits per heavy atom. The smallest absolute Gasteiger partial charge is 0.198 e. The molecule has 25 heavy (non-hydrogen) atoms. The van der Waals surface area contributed by atoms with Crippen LogP contribution in [0.3, 0.4) is 0 Å². The molecule has 3 aromatic carbocycles. The fourth-order valence-corrected chi connectivity index (χ4v) is 2.58. The number of nitrogens with one attached hydrogen (secondary N) is 1. The zero-order valence-corrected chi connectivity index (χ0v) is 14.9. The Morgan fingerprint density at radius 1 is 0.880 bits per heavy atom. The quantitative estimate of drug-likeness (QED) is 0.371. The summed E-state index contributed by atoms with van der Waals surface area (Å²) in [4.78, 5) is 0. The van der Waals surface area contributed by atoms with Gasteiger partial charge in [0, 0.05) is 10.7 Å². The molecule has 0 spiro atoms. The first kappa shape index (κ1) is 17.1. The fourth-order valence-electron chi connectivity index (χ4n) is 2.18. The van der Waals surface area contributed by atoms with Crippen LogP contribution < -0.4 is 10.3 Å². The molecule has 0 saturated carbocycles. The SMILES string of the molecule is S=C(Nc1ccc(Cl)cc1)N(/N=C/c1ccccc1)c1ccccc1. The first-order chi connectivity index (χ1) is 12.2. The highest BCUT2D eigenvalue weighted by molar-refractivity contribution is 7.80. The maximum Gasteiger partial charge on any atom is 0.198 e. The number of hydrogen-bond acceptors (Lipinski definition) is 2. The third kappa shape index (κ3) is 4.89. The van der Waals surface area contributed by atoms with Crippen molar-refractivity contribution in [2.75, 3.05) is 10.3 Å². The van der Waals surface area contributed by atoms with E-state index >= 15 is 0 Å². The molecule has 124 valence electrons. The van der Waals surface area contributed by atoms with Crippen LogP contribution in [-0.2, 0) is 0 Å². The molecular weight excluding hydrogens is 350 g/mol. The molecule has 0 bridgehead atoms. The molecule has 0 aliphatic heterocycles. The number of benzene rings is 3. The van der Waals surface area contributed by atoms with Crippen LogP contribution in [0.2, 0.25) is 5.02 Å². The lowest BCUT2D eigenvalue weighted by Crippen LogP contribution is -2.30. The zero-order valence-electron chi connectivity index (χ0n) is 13.3. The molecule has 1 N–H and O–H groups in total. The van der Waals surface area contributed by atoms with E-state index in [0.29, 0.717) is 10.1 Å². The third-order valence-corrected chi connectivity index (χ3v) is 3.94. The summed E-state index contributed by atoms with van der Waals surface area (Å²) in [5, 5.41) is 10.6. The summed E-state index contributed by atoms with van der Waals surface area (Å²) in [7, 11) is 0. The Morgan fingerprint density at radius 3 is 2.12 bits per heavy atom. The molecule has 0 aliphatic carbocycles. The van der Waals surface area contributed by atoms with E-state index < -0.39 is 0 Å². The normalized spacial score (nSPS) is 10.6. The van der Waals surface area contributed by atoms with Crippen molar-refractivity contribution >= 4 is 46.5 Å². The average molecular weight is 366 g/mol. The molecular formula is C20H16ClN3S. The lowest BCUT2D eigenvalue weighted by atomic mass is 10.2. The molecule has 3 nitrogen and oxygen atoms in total. The molecule has 0 atom stereocenters. The van der Waals surface area contributed by atoms with Gasteiger partial charge in [0.2, 0.25) is 0 Å². The van der Waals surface area contributed by atoms with Gasteiger partial charge in [0.1, 0.15) is 0 Å². The van der Waals surface area contributed by atoms with Crippen LogP contribution in [0.4, 0.5) is 11.4 Å². The van der Waals surface area contributed by atoms with Crippen molar-refractivity contribution in [3.05, 3.63) is 95.5 Å². The number of thiocarbonyl (C=S) groups is 1. The highest BCUT2D eigenvalue weighted by Gasteiger charge is 2.11. The summed E-state index contributed by atoms with van der Waals surface area (Å²) in [6.07, 6.45) is 1.78. The van der Waals surface area contributed by atoms with E-state index in [-0.39, 0.29) is 0 Å². The zero-order chi connectivity index (χ0) is 17.5. The van der Waals surface area contributed by atoms with E-state index in [2.05, 4.69) is 10.4 Å². The molecule has 0 heterocycles. The van der Waals surface area contributed by atoms with Crippen molar-refractivity contribution in [3.8, 4) is 0 Å². The molecule has 0 aromatic heterocycles. The van der Waals surface area contributed by atoms with Gasteiger partial charge in [-0.25, -0.2) is 5.01 Å². The molecule has 0 aliphatic rings. The molecule has 0 amide bonds. The van der Waals surface area contributed by atoms with Crippen molar-refractivity contribution in [1.82, 2.24) is 0 Å². The summed E-state index contributed by atoms with van der Waals surface area (Å²) in [6, 6.07) is 27.0. The summed E-state index contributed by atoms with van der Waals surface area (Å²) >= 11 is 11.5. The second kappa shape index (κ2) is 8.42. The number of nitrogens with zero attached hydrogens (tertiary/aromatic N) is 2. The minimum atomic E-state index is 0.473. The van der Waals surface area contributed by atoms with Crippen LogP contribution in [-0.4, -0.2) is 11.3 Å². The van der Waals surface area contributed by atoms with E-state index in [9.17, 15) is 0 Å². The van der Waals surface area contributed by atoms with Crippen LogP contribution in [0, 0.1) is 0 Å². The Hall–Kier alpha value is -2.69. The molecule has 0 fully saturated rings. The van der Waals surface area contributed by atoms with Crippen LogP contribution in [0.15, 0.2) is 90.0 Å². The Balaban J connectivity index is 1.84. The molecule has 0 unspecified atom stereocenters. The largest absolute Gasteiger partial charge is 0.331 e. The first-order valence-corrected chi connectivity index (χ1v) is 8.52. The second-order valence-electron chi connectivity index (χ2n) is 5.24. The van der Waals surface area contributed by atoms with Crippen molar-refractivity contribution < 1.29 is 0 Å². The summed E-state index contributed by atoms with van der Waals surface area (Å²) in [5.41, 5.74) is 2.73. The number of anilines is 2. The van der Waals surface area contributed by atoms with Crippen LogP contribution in [0.1, 0.15) is 5.56 Å². The van der Waals surface area contributed by atoms with Gasteiger partial charge < -0.3 is 5.32 Å². The van der Waals surface area contributed by atoms with Gasteiger partial charge in [0.05, 0.1) is 11.9 Å². The lowest BCUT2D eigenvalue weighted by Gasteiger charge is -2.20. The number of para-hydroxylation sites is 1. The Labute approximate surface area is 157 Å². The van der Waals surface area contributed by atoms with Crippen molar-refractivity contribution in [3.63, 3.8) is 0 Å². The summed E-state index contributed by atoms with van der Waals surface area (Å²) in [5.74, 6) is 0. The first-order valence-electron chi connectivity index (χ1n) is 7.73. The third-order valence-electron chi connectivity index (χ3n) is 3.41. The highest BCUT2D eigenvalue weighted by atomic mass is 35.5. The maximum absolute atomic E-state index is 5.93. The number of halogens is 1. The van der Waals surface area contributed by atoms with Gasteiger partial charge in [0.25, 0.3) is 0 Å². The lowest BCUT2D eigenvalue weighted by molar-refractivity contribution is 1.15. The van der Waals surface area contributed by atoms with Gasteiger partial charge in [-0.3, -0.25) is 0 Å². The minimum absolute atomic E-state index is 0.473. The Bertz CT molecular complexity index is 849. The predicted octanol–water partition coefficient (Wildman–Crippen LogP) is 5.58. The minimum Gasteiger partial charge on any atom is -0.331 e. The van der Waals surface area contributed by atoms with E-state index in [0.717, 1.165) is 16.9 Å². The van der Waals surface area contributed by atoms with E-state index in [4.69, 9.17) is 23.8 Å². The number of hydrazone groups is 1. The topological polar surface area (TPSA) is 27.6 Å². The summed E-state index contributed by atoms with van der Waals surface area (Å²) in [6.45, 7) is 0. The van der Waals surface area contributed by atoms with Crippen LogP contribution in [0.5, 0.6) is 0 Å². The second-order valence-corrected chi connectivity index (χ2v) is 6.06. The van der Waals surface area contributed by atoms with Crippen molar-refractivity contribution in [1.29, 1.82) is 0 Å². The van der Waals surface area contributed by atoms with Gasteiger partial charge >= 0.3 is 0 Å². The van der Waals surface area contributed by atoms with Gasteiger partial charge in [-0.2, -0.15) is 5.10 Å². The standard InChI is InChI=1S/C20H16ClN3S/c21-17-11-13-18(14-12-17)23-20(25)24(19-9-5-2-6-10-19)22-15-16-7-3-1-4-8-16/h1-15H,(H,23,25)/b22-15+. The maximum atomic E-state index is 5.93. The van der Waals surface area contributed by atoms with Crippen LogP contribution >= 0.6 is 23.8 Å². The van der Waals surface area contributed by atoms with Gasteiger partial charge in [-0.1, -0.05) is 60.1 Å². The van der Waals surface area contributed by atoms with Gasteiger partial charge in [-0.05, 0) is 54.2 Å². The average Bonchev–Trinajstić information content (AvgIpc) is 2.65. The van der Waals surface area contributed by atoms with Gasteiger partial charge in [0.15, 0.2) is 5.11 Å². The number of hydrogen-bond donors (Lipinski definition) is 1. The van der Waals surface area contributed by atoms with Crippen LogP contribution in [0.25, 0.3) is 0 Å². The predicted molar refractivity (Wildman–Crippen MR) is 111 cm³/mol. The summed E-state index contributed by atoms with van der Waals surface area (Å²) < 4.78 is 0. The van der Waals surface area contributed by atoms with E-state index in [1.165, 1.54) is 0 Å². The molecule has 0 saturated heterocycles. The molecule has 5 heteroatoms. The number of rotatable bonds is 4. The highest BCUT2D eigenvalue weighted by Crippen LogP contribution is 2.18. The fraction of sp³-hybridized carbons (Fsp3) is 0. The van der Waals surface area contributed by atoms with Crippen molar-refractivity contribution in [2.45, 2.75) is 0 Å². The van der Waals surface area contributed by atoms with Gasteiger partial charge in [-0.15, -0.1) is 0 Å². The molecule has 3 aromatic rings. The molecule has 0 radical (unpaired) electrons.